The second-order valence-corrected chi connectivity index (χ2v) is 12.8. The summed E-state index contributed by atoms with van der Waals surface area (Å²) in [5, 5.41) is 9.79. The molecule has 6 aromatic rings. The first-order valence-corrected chi connectivity index (χ1v) is 15.3. The lowest BCUT2D eigenvalue weighted by molar-refractivity contribution is -0.118. The number of halogens is 1. The third-order valence-electron chi connectivity index (χ3n) is 7.06. The number of benzene rings is 2. The summed E-state index contributed by atoms with van der Waals surface area (Å²) in [7, 11) is -3.65. The number of carbonyl (C=O) groups excluding carboxylic acids is 1. The lowest BCUT2D eigenvalue weighted by atomic mass is 10.0. The van der Waals surface area contributed by atoms with Gasteiger partial charge in [0.1, 0.15) is 22.4 Å². The molecule has 0 bridgehead atoms. The van der Waals surface area contributed by atoms with Gasteiger partial charge in [0, 0.05) is 41.1 Å². The molecule has 4 aromatic heterocycles. The maximum Gasteiger partial charge on any atom is 0.226 e. The first-order chi connectivity index (χ1) is 20.5. The predicted molar refractivity (Wildman–Crippen MR) is 163 cm³/mol. The van der Waals surface area contributed by atoms with Crippen molar-refractivity contribution in [2.45, 2.75) is 19.2 Å². The van der Waals surface area contributed by atoms with E-state index in [1.54, 1.807) is 30.7 Å². The summed E-state index contributed by atoms with van der Waals surface area (Å²) < 4.78 is 38.7. The maximum atomic E-state index is 14.6. The highest BCUT2D eigenvalue weighted by Crippen LogP contribution is 2.34. The van der Waals surface area contributed by atoms with Crippen LogP contribution in [-0.4, -0.2) is 50.7 Å². The summed E-state index contributed by atoms with van der Waals surface area (Å²) in [6.07, 6.45) is 5.87. The molecule has 0 saturated carbocycles. The average molecular weight is 599 g/mol. The Morgan fingerprint density at radius 1 is 1.02 bits per heavy atom. The predicted octanol–water partition coefficient (Wildman–Crippen LogP) is 4.97. The highest BCUT2D eigenvalue weighted by atomic mass is 32.2. The van der Waals surface area contributed by atoms with Gasteiger partial charge in [-0.25, -0.2) is 22.8 Å². The zero-order valence-corrected chi connectivity index (χ0v) is 24.2. The number of aromatic nitrogens is 6. The van der Waals surface area contributed by atoms with Crippen molar-refractivity contribution in [2.24, 2.45) is 11.7 Å². The highest BCUT2D eigenvalue weighted by molar-refractivity contribution is 7.90. The van der Waals surface area contributed by atoms with Gasteiger partial charge in [-0.2, -0.15) is 5.10 Å². The molecule has 4 heterocycles. The van der Waals surface area contributed by atoms with E-state index in [2.05, 4.69) is 30.5 Å². The van der Waals surface area contributed by atoms with E-state index in [4.69, 9.17) is 10.7 Å². The topological polar surface area (TPSA) is 172 Å². The number of nitrogens with two attached hydrogens (primary N) is 1. The molecule has 0 spiro atoms. The molecule has 6 rings (SSSR count). The molecule has 2 aromatic carbocycles. The van der Waals surface area contributed by atoms with Gasteiger partial charge in [0.2, 0.25) is 5.91 Å². The van der Waals surface area contributed by atoms with Crippen molar-refractivity contribution in [3.63, 3.8) is 0 Å². The summed E-state index contributed by atoms with van der Waals surface area (Å²) in [6.45, 7) is 3.64. The minimum atomic E-state index is -3.65. The molecule has 1 atom stereocenters. The fourth-order valence-electron chi connectivity index (χ4n) is 4.76. The van der Waals surface area contributed by atoms with Crippen LogP contribution in [0, 0.1) is 11.7 Å². The second-order valence-electron chi connectivity index (χ2n) is 10.6. The highest BCUT2D eigenvalue weighted by Gasteiger charge is 2.21. The van der Waals surface area contributed by atoms with Crippen LogP contribution >= 0.6 is 0 Å². The van der Waals surface area contributed by atoms with E-state index in [9.17, 15) is 17.6 Å². The van der Waals surface area contributed by atoms with Crippen molar-refractivity contribution in [1.29, 1.82) is 0 Å². The van der Waals surface area contributed by atoms with Crippen LogP contribution in [0.2, 0.25) is 0 Å². The summed E-state index contributed by atoms with van der Waals surface area (Å²) in [5.41, 5.74) is 11.4. The number of nitrogens with one attached hydrogen (secondary N) is 3. The smallest absolute Gasteiger partial charge is 0.226 e. The Hall–Kier alpha value is -5.01. The number of fused-ring (bicyclic) bond motifs is 2. The van der Waals surface area contributed by atoms with Crippen LogP contribution in [0.3, 0.4) is 0 Å². The minimum absolute atomic E-state index is 0.0999. The molecule has 43 heavy (non-hydrogen) atoms. The number of anilines is 1. The summed E-state index contributed by atoms with van der Waals surface area (Å²) in [5.74, 6) is -0.461. The van der Waals surface area contributed by atoms with E-state index >= 15 is 0 Å². The number of carbonyl (C=O) groups is 1. The molecule has 13 heteroatoms. The summed E-state index contributed by atoms with van der Waals surface area (Å²) >= 11 is 0. The van der Waals surface area contributed by atoms with Crippen molar-refractivity contribution in [3.8, 4) is 33.8 Å². The monoisotopic (exact) mass is 598 g/mol. The number of imidazole rings is 1. The van der Waals surface area contributed by atoms with Gasteiger partial charge < -0.3 is 16.0 Å². The van der Waals surface area contributed by atoms with Crippen LogP contribution in [0.25, 0.3) is 55.8 Å². The molecular formula is C30H27FN8O3S. The number of sulfone groups is 1. The quantitative estimate of drug-likeness (QED) is 0.199. The van der Waals surface area contributed by atoms with Crippen LogP contribution in [0.5, 0.6) is 0 Å². The van der Waals surface area contributed by atoms with Crippen LogP contribution in [0.15, 0.2) is 67.1 Å². The molecule has 11 nitrogen and oxygen atoms in total. The Labute approximate surface area is 245 Å². The Bertz CT molecular complexity index is 2140. The van der Waals surface area contributed by atoms with Gasteiger partial charge in [-0.15, -0.1) is 0 Å². The van der Waals surface area contributed by atoms with E-state index < -0.39 is 21.0 Å². The Morgan fingerprint density at radius 2 is 1.84 bits per heavy atom. The van der Waals surface area contributed by atoms with Gasteiger partial charge in [-0.1, -0.05) is 19.9 Å². The van der Waals surface area contributed by atoms with Gasteiger partial charge in [0.25, 0.3) is 0 Å². The lowest BCUT2D eigenvalue weighted by Gasteiger charge is -2.12. The van der Waals surface area contributed by atoms with Crippen LogP contribution in [0.4, 0.5) is 10.1 Å². The SMILES string of the molecule is CC(C)C(=O)Nc1cncc(-c2ccc3[nH]nc(-c4nc5c(-c6cc(F)cc(C(N)S(C)(=O)=O)c6)ccnc5[nH]4)c3c2)c1. The van der Waals surface area contributed by atoms with Gasteiger partial charge in [0.15, 0.2) is 21.3 Å². The number of pyridine rings is 2. The number of nitrogens with zero attached hydrogens (tertiary/aromatic N) is 4. The molecular weight excluding hydrogens is 571 g/mol. The fourth-order valence-corrected chi connectivity index (χ4v) is 5.39. The van der Waals surface area contributed by atoms with Gasteiger partial charge in [-0.05, 0) is 59.2 Å². The van der Waals surface area contributed by atoms with Crippen LogP contribution in [-0.2, 0) is 14.6 Å². The van der Waals surface area contributed by atoms with E-state index in [1.807, 2.05) is 38.1 Å². The molecule has 0 aliphatic rings. The van der Waals surface area contributed by atoms with Crippen molar-refractivity contribution in [2.75, 3.05) is 11.6 Å². The van der Waals surface area contributed by atoms with E-state index in [0.29, 0.717) is 39.5 Å². The number of hydrogen-bond donors (Lipinski definition) is 4. The zero-order chi connectivity index (χ0) is 30.5. The lowest BCUT2D eigenvalue weighted by Crippen LogP contribution is -2.20. The van der Waals surface area contributed by atoms with Crippen LogP contribution in [0.1, 0.15) is 24.8 Å². The second kappa shape index (κ2) is 10.7. The van der Waals surface area contributed by atoms with Gasteiger partial charge in [0.05, 0.1) is 17.4 Å². The number of aromatic amines is 2. The minimum Gasteiger partial charge on any atom is -0.324 e. The van der Waals surface area contributed by atoms with Crippen molar-refractivity contribution in [1.82, 2.24) is 30.1 Å². The molecule has 0 radical (unpaired) electrons. The molecule has 218 valence electrons. The third-order valence-corrected chi connectivity index (χ3v) is 8.25. The number of hydrogen-bond acceptors (Lipinski definition) is 8. The van der Waals surface area contributed by atoms with Crippen LogP contribution < -0.4 is 11.1 Å². The van der Waals surface area contributed by atoms with E-state index in [-0.39, 0.29) is 17.4 Å². The van der Waals surface area contributed by atoms with Gasteiger partial charge >= 0.3 is 0 Å². The third kappa shape index (κ3) is 5.47. The maximum absolute atomic E-state index is 14.6. The molecule has 0 aliphatic heterocycles. The number of amides is 1. The Balaban J connectivity index is 1.41. The Morgan fingerprint density at radius 3 is 2.60 bits per heavy atom. The normalized spacial score (nSPS) is 12.7. The first-order valence-electron chi connectivity index (χ1n) is 13.3. The first kappa shape index (κ1) is 28.1. The van der Waals surface area contributed by atoms with Crippen molar-refractivity contribution >= 4 is 43.5 Å². The van der Waals surface area contributed by atoms with Crippen molar-refractivity contribution in [3.05, 3.63) is 78.5 Å². The largest absolute Gasteiger partial charge is 0.324 e. The molecule has 1 unspecified atom stereocenters. The van der Waals surface area contributed by atoms with Gasteiger partial charge in [-0.3, -0.25) is 14.9 Å². The molecule has 0 aliphatic carbocycles. The molecule has 0 saturated heterocycles. The zero-order valence-electron chi connectivity index (χ0n) is 23.4. The standard InChI is InChI=1S/C30H27FN8O3S/c1-15(2)30(40)35-21-11-19(13-33-14-21)16-4-5-24-23(12-16)26(39-38-24)29-36-25-22(6-7-34-28(25)37-29)17-8-18(10-20(31)9-17)27(32)43(3,41)42/h4-15,27H,32H2,1-3H3,(H,35,40)(H,38,39)(H,34,36,37). The van der Waals surface area contributed by atoms with E-state index in [0.717, 1.165) is 34.4 Å². The molecule has 1 amide bonds. The average Bonchev–Trinajstić information content (AvgIpc) is 3.59. The van der Waals surface area contributed by atoms with E-state index in [1.165, 1.54) is 6.07 Å². The summed E-state index contributed by atoms with van der Waals surface area (Å²) in [4.78, 5) is 28.8. The molecule has 5 N–H and O–H groups in total. The summed E-state index contributed by atoms with van der Waals surface area (Å²) in [6, 6.07) is 13.3. The number of H-pyrrole nitrogens is 2. The molecule has 0 fully saturated rings. The fraction of sp³-hybridized carbons (Fsp3) is 0.167. The van der Waals surface area contributed by atoms with Crippen molar-refractivity contribution < 1.29 is 17.6 Å². The number of rotatable bonds is 7. The Kier molecular flexibility index (Phi) is 6.98.